The van der Waals surface area contributed by atoms with Crippen LogP contribution in [0.15, 0.2) is 5.16 Å². The summed E-state index contributed by atoms with van der Waals surface area (Å²) < 4.78 is 5.63. The van der Waals surface area contributed by atoms with Gasteiger partial charge in [0, 0.05) is 0 Å². The monoisotopic (exact) mass is 334 g/mol. The van der Waals surface area contributed by atoms with Gasteiger partial charge >= 0.3 is 12.1 Å². The molecule has 0 bridgehead atoms. The Labute approximate surface area is 118 Å². The van der Waals surface area contributed by atoms with Crippen molar-refractivity contribution < 1.29 is 24.3 Å². The van der Waals surface area contributed by atoms with Gasteiger partial charge in [-0.3, -0.25) is 4.90 Å². The lowest BCUT2D eigenvalue weighted by Gasteiger charge is -2.27. The van der Waals surface area contributed by atoms with Gasteiger partial charge in [0.25, 0.3) is 0 Å². The maximum atomic E-state index is 12.0. The Kier molecular flexibility index (Phi) is 3.46. The van der Waals surface area contributed by atoms with Gasteiger partial charge in [0.15, 0.2) is 6.10 Å². The zero-order chi connectivity index (χ0) is 14.4. The van der Waals surface area contributed by atoms with Crippen LogP contribution in [0.3, 0.4) is 0 Å². The normalized spacial score (nSPS) is 29.6. The standard InChI is InChI=1S/C11H15BrN2O5/c1-11(2,3)18-10(17)14-4-5-6(7(14)9(15)16)8(12)13-19-5/h5-7H,4H2,1-3H3,(H,15,16)/t5-,6-,7-/m0/s1. The number of aliphatic carboxylic acids is 1. The van der Waals surface area contributed by atoms with Gasteiger partial charge in [-0.2, -0.15) is 0 Å². The van der Waals surface area contributed by atoms with E-state index in [0.717, 1.165) is 0 Å². The summed E-state index contributed by atoms with van der Waals surface area (Å²) in [4.78, 5) is 29.7. The molecule has 0 aliphatic carbocycles. The Morgan fingerprint density at radius 1 is 1.53 bits per heavy atom. The van der Waals surface area contributed by atoms with Gasteiger partial charge in [0.1, 0.15) is 16.3 Å². The zero-order valence-electron chi connectivity index (χ0n) is 10.8. The first-order valence-corrected chi connectivity index (χ1v) is 6.61. The minimum atomic E-state index is -1.10. The maximum absolute atomic E-state index is 12.0. The number of nitrogens with zero attached hydrogens (tertiary/aromatic N) is 2. The van der Waals surface area contributed by atoms with E-state index in [-0.39, 0.29) is 6.54 Å². The number of rotatable bonds is 1. The number of carbonyl (C=O) groups is 2. The van der Waals surface area contributed by atoms with Crippen LogP contribution in [0, 0.1) is 5.92 Å². The van der Waals surface area contributed by atoms with E-state index in [1.165, 1.54) is 4.90 Å². The number of hydrogen-bond donors (Lipinski definition) is 1. The lowest BCUT2D eigenvalue weighted by Crippen LogP contribution is -2.46. The predicted octanol–water partition coefficient (Wildman–Crippen LogP) is 1.41. The van der Waals surface area contributed by atoms with E-state index in [0.29, 0.717) is 4.62 Å². The molecule has 1 saturated heterocycles. The second-order valence-electron chi connectivity index (χ2n) is 5.50. The molecule has 0 radical (unpaired) electrons. The third-order valence-electron chi connectivity index (χ3n) is 2.88. The first-order chi connectivity index (χ1) is 8.70. The summed E-state index contributed by atoms with van der Waals surface area (Å²) in [5.41, 5.74) is -0.677. The molecule has 2 rings (SSSR count). The van der Waals surface area contributed by atoms with Crippen LogP contribution in [-0.2, 0) is 14.4 Å². The van der Waals surface area contributed by atoms with Crippen molar-refractivity contribution in [2.45, 2.75) is 38.5 Å². The van der Waals surface area contributed by atoms with Crippen LogP contribution in [-0.4, -0.2) is 51.0 Å². The van der Waals surface area contributed by atoms with Gasteiger partial charge in [-0.05, 0) is 36.7 Å². The SMILES string of the molecule is CC(C)(C)OC(=O)N1C[C@@H]2ON=C(Br)[C@@H]2[C@H]1C(=O)O. The minimum Gasteiger partial charge on any atom is -0.480 e. The average molecular weight is 335 g/mol. The molecule has 8 heteroatoms. The van der Waals surface area contributed by atoms with Crippen molar-refractivity contribution in [2.75, 3.05) is 6.54 Å². The van der Waals surface area contributed by atoms with Crippen LogP contribution >= 0.6 is 15.9 Å². The van der Waals surface area contributed by atoms with Crippen molar-refractivity contribution in [3.63, 3.8) is 0 Å². The molecule has 1 fully saturated rings. The molecule has 3 atom stereocenters. The largest absolute Gasteiger partial charge is 0.480 e. The number of hydrogen-bond acceptors (Lipinski definition) is 5. The maximum Gasteiger partial charge on any atom is 0.411 e. The van der Waals surface area contributed by atoms with Gasteiger partial charge in [0.2, 0.25) is 0 Å². The molecule has 1 N–H and O–H groups in total. The van der Waals surface area contributed by atoms with Gasteiger partial charge < -0.3 is 14.7 Å². The van der Waals surface area contributed by atoms with Crippen molar-refractivity contribution in [1.82, 2.24) is 4.90 Å². The van der Waals surface area contributed by atoms with Crippen LogP contribution in [0.1, 0.15) is 20.8 Å². The van der Waals surface area contributed by atoms with Crippen LogP contribution in [0.2, 0.25) is 0 Å². The minimum absolute atomic E-state index is 0.148. The molecular weight excluding hydrogens is 320 g/mol. The average Bonchev–Trinajstić information content (AvgIpc) is 2.76. The number of fused-ring (bicyclic) bond motifs is 1. The van der Waals surface area contributed by atoms with Crippen LogP contribution in [0.25, 0.3) is 0 Å². The van der Waals surface area contributed by atoms with E-state index in [9.17, 15) is 14.7 Å². The molecule has 0 aromatic rings. The Morgan fingerprint density at radius 2 is 2.16 bits per heavy atom. The van der Waals surface area contributed by atoms with E-state index >= 15 is 0 Å². The molecule has 1 amide bonds. The summed E-state index contributed by atoms with van der Waals surface area (Å²) in [6.45, 7) is 5.33. The molecule has 0 unspecified atom stereocenters. The number of likely N-dealkylation sites (tertiary alicyclic amines) is 1. The zero-order valence-corrected chi connectivity index (χ0v) is 12.4. The van der Waals surface area contributed by atoms with Crippen LogP contribution in [0.4, 0.5) is 4.79 Å². The Bertz CT molecular complexity index is 445. The van der Waals surface area contributed by atoms with E-state index in [1.54, 1.807) is 20.8 Å². The molecule has 0 spiro atoms. The van der Waals surface area contributed by atoms with E-state index in [2.05, 4.69) is 21.1 Å². The van der Waals surface area contributed by atoms with E-state index in [4.69, 9.17) is 9.57 Å². The molecular formula is C11H15BrN2O5. The fourth-order valence-corrected chi connectivity index (χ4v) is 2.80. The highest BCUT2D eigenvalue weighted by molar-refractivity contribution is 9.18. The number of amides is 1. The molecule has 0 aromatic heterocycles. The first kappa shape index (κ1) is 14.1. The summed E-state index contributed by atoms with van der Waals surface area (Å²) in [6, 6.07) is -1.03. The summed E-state index contributed by atoms with van der Waals surface area (Å²) >= 11 is 3.17. The van der Waals surface area contributed by atoms with Crippen molar-refractivity contribution in [3.8, 4) is 0 Å². The number of ether oxygens (including phenoxy) is 1. The quantitative estimate of drug-likeness (QED) is 0.783. The summed E-state index contributed by atoms with van der Waals surface area (Å²) in [5.74, 6) is -1.58. The molecule has 2 aliphatic heterocycles. The van der Waals surface area contributed by atoms with E-state index < -0.39 is 35.7 Å². The lowest BCUT2D eigenvalue weighted by molar-refractivity contribution is -0.142. The fraction of sp³-hybridized carbons (Fsp3) is 0.727. The smallest absolute Gasteiger partial charge is 0.411 e. The summed E-state index contributed by atoms with van der Waals surface area (Å²) in [6.07, 6.45) is -1.10. The van der Waals surface area contributed by atoms with Crippen molar-refractivity contribution in [1.29, 1.82) is 0 Å². The van der Waals surface area contributed by atoms with Crippen LogP contribution < -0.4 is 0 Å². The summed E-state index contributed by atoms with van der Waals surface area (Å²) in [7, 11) is 0. The fourth-order valence-electron chi connectivity index (χ4n) is 2.18. The Morgan fingerprint density at radius 3 is 2.68 bits per heavy atom. The Balaban J connectivity index is 2.20. The Hall–Kier alpha value is -1.31. The highest BCUT2D eigenvalue weighted by Crippen LogP contribution is 2.35. The van der Waals surface area contributed by atoms with Crippen molar-refractivity contribution in [2.24, 2.45) is 11.1 Å². The van der Waals surface area contributed by atoms with Gasteiger partial charge in [-0.25, -0.2) is 9.59 Å². The number of halogens is 1. The molecule has 2 aliphatic rings. The summed E-state index contributed by atoms with van der Waals surface area (Å²) in [5, 5.41) is 13.0. The third kappa shape index (κ3) is 2.68. The topological polar surface area (TPSA) is 88.4 Å². The second-order valence-corrected chi connectivity index (χ2v) is 6.31. The van der Waals surface area contributed by atoms with Gasteiger partial charge in [0.05, 0.1) is 12.5 Å². The highest BCUT2D eigenvalue weighted by atomic mass is 79.9. The lowest BCUT2D eigenvalue weighted by atomic mass is 10.0. The van der Waals surface area contributed by atoms with Gasteiger partial charge in [-0.15, -0.1) is 0 Å². The number of carboxylic acids is 1. The number of carbonyl (C=O) groups excluding carboxylic acids is 1. The van der Waals surface area contributed by atoms with Gasteiger partial charge in [-0.1, -0.05) is 5.16 Å². The second kappa shape index (κ2) is 4.66. The molecule has 2 heterocycles. The third-order valence-corrected chi connectivity index (χ3v) is 3.56. The van der Waals surface area contributed by atoms with Crippen LogP contribution in [0.5, 0.6) is 0 Å². The molecule has 19 heavy (non-hydrogen) atoms. The molecule has 106 valence electrons. The number of carboxylic acid groups (broad SMARTS) is 1. The molecule has 0 saturated carbocycles. The van der Waals surface area contributed by atoms with Crippen molar-refractivity contribution >= 4 is 32.6 Å². The van der Waals surface area contributed by atoms with Crippen molar-refractivity contribution in [3.05, 3.63) is 0 Å². The van der Waals surface area contributed by atoms with E-state index in [1.807, 2.05) is 0 Å². The number of oxime groups is 1. The molecule has 7 nitrogen and oxygen atoms in total. The predicted molar refractivity (Wildman–Crippen MR) is 69.1 cm³/mol. The first-order valence-electron chi connectivity index (χ1n) is 5.82. The highest BCUT2D eigenvalue weighted by Gasteiger charge is 2.55. The molecule has 0 aromatic carbocycles.